The van der Waals surface area contributed by atoms with Crippen LogP contribution in [0, 0.1) is 11.3 Å². The Morgan fingerprint density at radius 3 is 2.60 bits per heavy atom. The van der Waals surface area contributed by atoms with Crippen molar-refractivity contribution in [2.75, 3.05) is 26.8 Å². The van der Waals surface area contributed by atoms with Gasteiger partial charge in [0.2, 0.25) is 5.88 Å². The second kappa shape index (κ2) is 9.81. The first-order valence-electron chi connectivity index (χ1n) is 11.1. The molecular weight excluding hydrogens is 450 g/mol. The smallest absolute Gasteiger partial charge is 0.344 e. The predicted octanol–water partition coefficient (Wildman–Crippen LogP) is 3.27. The van der Waals surface area contributed by atoms with Crippen LogP contribution in [0.1, 0.15) is 30.9 Å². The molecule has 1 amide bonds. The van der Waals surface area contributed by atoms with Crippen LogP contribution in [0.4, 0.5) is 0 Å². The Kier molecular flexibility index (Phi) is 6.64. The average Bonchev–Trinajstić information content (AvgIpc) is 2.87. The number of nitriles is 1. The lowest BCUT2D eigenvalue weighted by atomic mass is 9.82. The number of likely N-dealkylation sites (N-methyl/N-ethyl adjacent to an activating group) is 1. The third-order valence-corrected chi connectivity index (χ3v) is 5.95. The zero-order chi connectivity index (χ0) is 25.1. The first-order valence-corrected chi connectivity index (χ1v) is 11.1. The van der Waals surface area contributed by atoms with Crippen LogP contribution in [0.2, 0.25) is 0 Å². The van der Waals surface area contributed by atoms with Crippen molar-refractivity contribution in [2.45, 2.75) is 19.8 Å². The van der Waals surface area contributed by atoms with Gasteiger partial charge in [0.15, 0.2) is 23.9 Å². The van der Waals surface area contributed by atoms with E-state index >= 15 is 0 Å². The van der Waals surface area contributed by atoms with Crippen molar-refractivity contribution < 1.29 is 23.4 Å². The van der Waals surface area contributed by atoms with Gasteiger partial charge in [-0.15, -0.1) is 0 Å². The number of amides is 1. The molecule has 2 aromatic carbocycles. The molecule has 1 aliphatic rings. The number of hydrogen-bond acceptors (Lipinski definition) is 8. The number of fused-ring (bicyclic) bond motifs is 3. The van der Waals surface area contributed by atoms with E-state index in [0.29, 0.717) is 41.1 Å². The van der Waals surface area contributed by atoms with Gasteiger partial charge in [-0.25, -0.2) is 4.79 Å². The Balaban J connectivity index is 1.99. The van der Waals surface area contributed by atoms with Gasteiger partial charge in [-0.1, -0.05) is 18.2 Å². The summed E-state index contributed by atoms with van der Waals surface area (Å²) in [6.07, 6.45) is 0. The molecule has 180 valence electrons. The molecule has 0 aliphatic carbocycles. The lowest BCUT2D eigenvalue weighted by Gasteiger charge is -2.31. The molecule has 1 aliphatic heterocycles. The minimum Gasteiger partial charge on any atom is -0.493 e. The third kappa shape index (κ3) is 4.15. The van der Waals surface area contributed by atoms with Gasteiger partial charge < -0.3 is 29.3 Å². The molecule has 1 atom stereocenters. The van der Waals surface area contributed by atoms with Crippen molar-refractivity contribution in [3.05, 3.63) is 75.5 Å². The number of ether oxygens (including phenoxy) is 3. The molecular formula is C26H25N3O6. The zero-order valence-electron chi connectivity index (χ0n) is 19.7. The van der Waals surface area contributed by atoms with Crippen molar-refractivity contribution in [1.82, 2.24) is 4.90 Å². The topological polar surface area (TPSA) is 128 Å². The molecule has 0 bridgehead atoms. The van der Waals surface area contributed by atoms with Crippen LogP contribution in [0.3, 0.4) is 0 Å². The Bertz CT molecular complexity index is 1410. The number of para-hydroxylation sites is 1. The summed E-state index contributed by atoms with van der Waals surface area (Å²) in [5.74, 6) is -0.377. The number of carbonyl (C=O) groups is 1. The van der Waals surface area contributed by atoms with Crippen LogP contribution in [0.15, 0.2) is 63.1 Å². The largest absolute Gasteiger partial charge is 0.493 e. The molecule has 0 saturated carbocycles. The summed E-state index contributed by atoms with van der Waals surface area (Å²) < 4.78 is 22.4. The van der Waals surface area contributed by atoms with Crippen LogP contribution >= 0.6 is 0 Å². The fourth-order valence-corrected chi connectivity index (χ4v) is 4.28. The van der Waals surface area contributed by atoms with Gasteiger partial charge in [0.05, 0.1) is 29.6 Å². The highest BCUT2D eigenvalue weighted by molar-refractivity contribution is 5.98. The van der Waals surface area contributed by atoms with Crippen LogP contribution < -0.4 is 25.6 Å². The molecule has 9 nitrogen and oxygen atoms in total. The van der Waals surface area contributed by atoms with Gasteiger partial charge >= 0.3 is 5.63 Å². The van der Waals surface area contributed by atoms with Crippen molar-refractivity contribution in [1.29, 1.82) is 5.26 Å². The van der Waals surface area contributed by atoms with E-state index in [1.807, 2.05) is 19.9 Å². The molecule has 0 spiro atoms. The number of rotatable bonds is 7. The molecule has 0 fully saturated rings. The summed E-state index contributed by atoms with van der Waals surface area (Å²) in [6.45, 7) is 4.45. The number of carbonyl (C=O) groups excluding carboxylic acids is 1. The van der Waals surface area contributed by atoms with Gasteiger partial charge in [0.1, 0.15) is 11.7 Å². The molecule has 1 aromatic heterocycles. The molecule has 0 unspecified atom stereocenters. The van der Waals surface area contributed by atoms with Crippen molar-refractivity contribution in [3.8, 4) is 23.3 Å². The standard InChI is InChI=1S/C26H25N3O6/c1-4-29(5-2)25(30)22-20(15-10-11-18(33-13-12-27)19(14-15)32-3)21-23(35-24(22)28)16-8-6-7-9-17(16)34-26(21)31/h6-11,14,20H,4-5,13,28H2,1-3H3/t20-/m1/s1. The zero-order valence-corrected chi connectivity index (χ0v) is 19.7. The minimum absolute atomic E-state index is 0.0843. The Morgan fingerprint density at radius 1 is 1.17 bits per heavy atom. The second-order valence-corrected chi connectivity index (χ2v) is 7.78. The average molecular weight is 476 g/mol. The first kappa shape index (κ1) is 23.7. The van der Waals surface area contributed by atoms with Crippen LogP contribution in [0.25, 0.3) is 11.0 Å². The van der Waals surface area contributed by atoms with Crippen molar-refractivity contribution in [3.63, 3.8) is 0 Å². The molecule has 0 saturated heterocycles. The lowest BCUT2D eigenvalue weighted by molar-refractivity contribution is -0.127. The van der Waals surface area contributed by atoms with E-state index in [2.05, 4.69) is 0 Å². The Labute approximate surface area is 201 Å². The van der Waals surface area contributed by atoms with E-state index in [4.69, 9.17) is 29.6 Å². The van der Waals surface area contributed by atoms with E-state index in [1.165, 1.54) is 7.11 Å². The SMILES string of the molecule is CCN(CC)C(=O)C1=C(N)Oc2c(c(=O)oc3ccccc23)[C@H]1c1ccc(OCC#N)c(OC)c1. The van der Waals surface area contributed by atoms with E-state index in [9.17, 15) is 9.59 Å². The van der Waals surface area contributed by atoms with E-state index in [1.54, 1.807) is 47.4 Å². The van der Waals surface area contributed by atoms with E-state index in [-0.39, 0.29) is 35.3 Å². The van der Waals surface area contributed by atoms with E-state index in [0.717, 1.165) is 0 Å². The van der Waals surface area contributed by atoms with Crippen LogP contribution in [0.5, 0.6) is 17.2 Å². The van der Waals surface area contributed by atoms with Crippen LogP contribution in [-0.2, 0) is 4.79 Å². The monoisotopic (exact) mass is 475 g/mol. The summed E-state index contributed by atoms with van der Waals surface area (Å²) in [5.41, 5.74) is 6.93. The van der Waals surface area contributed by atoms with Gasteiger partial charge in [-0.3, -0.25) is 4.79 Å². The maximum absolute atomic E-state index is 13.6. The minimum atomic E-state index is -0.883. The fourth-order valence-electron chi connectivity index (χ4n) is 4.28. The normalized spacial score (nSPS) is 14.6. The third-order valence-electron chi connectivity index (χ3n) is 5.95. The first-order chi connectivity index (χ1) is 16.9. The Morgan fingerprint density at radius 2 is 1.91 bits per heavy atom. The van der Waals surface area contributed by atoms with E-state index < -0.39 is 11.5 Å². The predicted molar refractivity (Wildman–Crippen MR) is 128 cm³/mol. The fraction of sp³-hybridized carbons (Fsp3) is 0.269. The number of benzene rings is 2. The molecule has 3 aromatic rings. The van der Waals surface area contributed by atoms with Gasteiger partial charge in [0, 0.05) is 13.1 Å². The molecule has 4 rings (SSSR count). The molecule has 9 heteroatoms. The number of nitrogens with zero attached hydrogens (tertiary/aromatic N) is 2. The molecule has 0 radical (unpaired) electrons. The van der Waals surface area contributed by atoms with Crippen LogP contribution in [-0.4, -0.2) is 37.6 Å². The molecule has 2 N–H and O–H groups in total. The van der Waals surface area contributed by atoms with Crippen molar-refractivity contribution in [2.24, 2.45) is 5.73 Å². The highest BCUT2D eigenvalue weighted by Gasteiger charge is 2.40. The van der Waals surface area contributed by atoms with Crippen molar-refractivity contribution >= 4 is 16.9 Å². The molecule has 2 heterocycles. The summed E-state index contributed by atoms with van der Waals surface area (Å²) >= 11 is 0. The number of hydrogen-bond donors (Lipinski definition) is 1. The number of methoxy groups -OCH3 is 1. The highest BCUT2D eigenvalue weighted by Crippen LogP contribution is 2.45. The molecule has 35 heavy (non-hydrogen) atoms. The van der Waals surface area contributed by atoms with Gasteiger partial charge in [-0.05, 0) is 43.7 Å². The second-order valence-electron chi connectivity index (χ2n) is 7.78. The lowest BCUT2D eigenvalue weighted by Crippen LogP contribution is -2.38. The quantitative estimate of drug-likeness (QED) is 0.516. The summed E-state index contributed by atoms with van der Waals surface area (Å²) in [6, 6.07) is 13.9. The van der Waals surface area contributed by atoms with Gasteiger partial charge in [-0.2, -0.15) is 5.26 Å². The summed E-state index contributed by atoms with van der Waals surface area (Å²) in [4.78, 5) is 28.5. The Hall–Kier alpha value is -4.45. The summed E-state index contributed by atoms with van der Waals surface area (Å²) in [5, 5.41) is 9.42. The van der Waals surface area contributed by atoms with Gasteiger partial charge in [0.25, 0.3) is 5.91 Å². The maximum atomic E-state index is 13.6. The maximum Gasteiger partial charge on any atom is 0.344 e. The summed E-state index contributed by atoms with van der Waals surface area (Å²) in [7, 11) is 1.46. The number of nitrogens with two attached hydrogens (primary N) is 1. The highest BCUT2D eigenvalue weighted by atomic mass is 16.5.